The molecule has 2 unspecified atom stereocenters. The normalized spacial score (nSPS) is 21.8. The summed E-state index contributed by atoms with van der Waals surface area (Å²) < 4.78 is 73.5. The molecule has 40 heavy (non-hydrogen) atoms. The Morgan fingerprint density at radius 3 is 2.02 bits per heavy atom. The monoisotopic (exact) mass is 597 g/mol. The molecule has 2 aromatic heterocycles. The van der Waals surface area contributed by atoms with Crippen molar-refractivity contribution in [1.29, 1.82) is 0 Å². The number of nitrogens with two attached hydrogens (primary N) is 1. The lowest BCUT2D eigenvalue weighted by Crippen LogP contribution is -2.43. The van der Waals surface area contributed by atoms with Crippen molar-refractivity contribution in [3.05, 3.63) is 72.7 Å². The zero-order chi connectivity index (χ0) is 28.5. The predicted molar refractivity (Wildman–Crippen MR) is 136 cm³/mol. The number of hydrogen-bond acceptors (Lipinski definition) is 10. The lowest BCUT2D eigenvalue weighted by Gasteiger charge is -2.45. The topological polar surface area (TPSA) is 181 Å². The predicted octanol–water partition coefficient (Wildman–Crippen LogP) is 4.26. The molecule has 13 nitrogen and oxygen atoms in total. The molecule has 1 aliphatic rings. The number of hydrogen-bond donors (Lipinski definition) is 3. The van der Waals surface area contributed by atoms with Gasteiger partial charge in [-0.15, -0.1) is 0 Å². The first-order chi connectivity index (χ1) is 19.0. The second-order valence-corrected chi connectivity index (χ2v) is 11.7. The number of fused-ring (bicyclic) bond motifs is 1. The molecule has 4 N–H and O–H groups in total. The maximum Gasteiger partial charge on any atom is 0.527 e. The molecular formula is C23H23F2N5O8P2. The van der Waals surface area contributed by atoms with Crippen molar-refractivity contribution in [1.82, 2.24) is 19.5 Å². The van der Waals surface area contributed by atoms with Crippen LogP contribution in [0.4, 0.5) is 14.7 Å². The van der Waals surface area contributed by atoms with Gasteiger partial charge in [-0.05, 0) is 60.9 Å². The van der Waals surface area contributed by atoms with E-state index in [4.69, 9.17) is 23.8 Å². The molecule has 1 fully saturated rings. The average Bonchev–Trinajstić information content (AvgIpc) is 3.28. The maximum absolute atomic E-state index is 13.2. The molecule has 0 aliphatic heterocycles. The Kier molecular flexibility index (Phi) is 7.87. The van der Waals surface area contributed by atoms with E-state index in [1.807, 2.05) is 0 Å². The van der Waals surface area contributed by atoms with E-state index in [9.17, 15) is 27.7 Å². The van der Waals surface area contributed by atoms with E-state index in [0.29, 0.717) is 17.6 Å². The number of phosphoric acid groups is 2. The summed E-state index contributed by atoms with van der Waals surface area (Å²) in [5.74, 6) is -2.21. The van der Waals surface area contributed by atoms with Gasteiger partial charge in [0.05, 0.1) is 25.7 Å². The number of halogens is 2. The van der Waals surface area contributed by atoms with E-state index in [-0.39, 0.29) is 36.7 Å². The van der Waals surface area contributed by atoms with Gasteiger partial charge in [-0.1, -0.05) is 0 Å². The molecular weight excluding hydrogens is 574 g/mol. The van der Waals surface area contributed by atoms with Gasteiger partial charge in [0.2, 0.25) is 5.95 Å². The molecule has 1 saturated carbocycles. The van der Waals surface area contributed by atoms with E-state index >= 15 is 0 Å². The highest BCUT2D eigenvalue weighted by Crippen LogP contribution is 2.52. The number of aromatic nitrogens is 4. The van der Waals surface area contributed by atoms with Crippen LogP contribution in [0.3, 0.4) is 0 Å². The van der Waals surface area contributed by atoms with E-state index in [1.54, 1.807) is 4.57 Å². The van der Waals surface area contributed by atoms with Gasteiger partial charge in [-0.3, -0.25) is 18.8 Å². The SMILES string of the molecule is Nc1ncc2ncn([C@@H]3C[C@H](COP(=O)(O)Oc4ccc(F)cc4)[C@H]3COP(=O)(O)Oc3ccc(F)cc3)c2n1. The molecule has 1 aliphatic carbocycles. The van der Waals surface area contributed by atoms with E-state index in [1.165, 1.54) is 36.8 Å². The van der Waals surface area contributed by atoms with Crippen LogP contribution in [0.25, 0.3) is 11.2 Å². The van der Waals surface area contributed by atoms with Crippen LogP contribution in [0.1, 0.15) is 12.5 Å². The second-order valence-electron chi connectivity index (χ2n) is 8.93. The molecule has 5 rings (SSSR count). The van der Waals surface area contributed by atoms with Crippen molar-refractivity contribution in [3.63, 3.8) is 0 Å². The number of benzene rings is 2. The standard InChI is InChI=1S/C23H23F2N5O8P2/c24-15-1-5-17(6-2-15)37-39(31,32)35-11-14-9-21(30-13-28-20-10-27-23(26)29-22(20)30)19(14)12-36-40(33,34)38-18-7-3-16(25)4-8-18/h1-8,10,13-14,19,21H,9,11-12H2,(H,31,32)(H,33,34)(H2,26,27,29)/t14-,19-,21-/m1/s1. The van der Waals surface area contributed by atoms with Crippen molar-refractivity contribution in [2.45, 2.75) is 12.5 Å². The van der Waals surface area contributed by atoms with Gasteiger partial charge in [0.1, 0.15) is 28.7 Å². The highest BCUT2D eigenvalue weighted by molar-refractivity contribution is 7.48. The first kappa shape index (κ1) is 28.1. The summed E-state index contributed by atoms with van der Waals surface area (Å²) in [6.07, 6.45) is 3.34. The molecule has 0 saturated heterocycles. The summed E-state index contributed by atoms with van der Waals surface area (Å²) in [5, 5.41) is 0. The van der Waals surface area contributed by atoms with Crippen molar-refractivity contribution in [3.8, 4) is 11.5 Å². The highest BCUT2D eigenvalue weighted by Gasteiger charge is 2.45. The van der Waals surface area contributed by atoms with Crippen molar-refractivity contribution in [2.75, 3.05) is 18.9 Å². The van der Waals surface area contributed by atoms with Crippen LogP contribution in [0.5, 0.6) is 11.5 Å². The molecule has 2 aromatic carbocycles. The first-order valence-corrected chi connectivity index (χ1v) is 14.8. The first-order valence-electron chi connectivity index (χ1n) is 11.8. The quantitative estimate of drug-likeness (QED) is 0.209. The zero-order valence-corrected chi connectivity index (χ0v) is 22.3. The van der Waals surface area contributed by atoms with Gasteiger partial charge in [-0.2, -0.15) is 4.98 Å². The number of phosphoric ester groups is 2. The fourth-order valence-corrected chi connectivity index (χ4v) is 5.92. The molecule has 0 radical (unpaired) electrons. The third-order valence-corrected chi connectivity index (χ3v) is 8.12. The van der Waals surface area contributed by atoms with Gasteiger partial charge in [0.15, 0.2) is 5.65 Å². The van der Waals surface area contributed by atoms with Crippen molar-refractivity contribution < 1.29 is 45.8 Å². The summed E-state index contributed by atoms with van der Waals surface area (Å²) >= 11 is 0. The van der Waals surface area contributed by atoms with Crippen LogP contribution in [0.2, 0.25) is 0 Å². The number of imidazole rings is 1. The molecule has 0 spiro atoms. The number of anilines is 1. The van der Waals surface area contributed by atoms with E-state index in [2.05, 4.69) is 15.0 Å². The minimum absolute atomic E-state index is 0.0213. The van der Waals surface area contributed by atoms with E-state index < -0.39 is 39.1 Å². The highest BCUT2D eigenvalue weighted by atomic mass is 31.2. The lowest BCUT2D eigenvalue weighted by atomic mass is 9.70. The Labute approximate surface area is 225 Å². The number of nitrogen functional groups attached to an aromatic ring is 1. The number of nitrogens with zero attached hydrogens (tertiary/aromatic N) is 4. The van der Waals surface area contributed by atoms with Crippen LogP contribution in [0, 0.1) is 23.5 Å². The molecule has 0 amide bonds. The Bertz CT molecular complexity index is 1590. The molecule has 212 valence electrons. The third kappa shape index (κ3) is 6.64. The average molecular weight is 597 g/mol. The fraction of sp³-hybridized carbons (Fsp3) is 0.261. The van der Waals surface area contributed by atoms with E-state index in [0.717, 1.165) is 24.3 Å². The minimum Gasteiger partial charge on any atom is -0.404 e. The van der Waals surface area contributed by atoms with Crippen LogP contribution < -0.4 is 14.8 Å². The summed E-state index contributed by atoms with van der Waals surface area (Å²) in [4.78, 5) is 32.8. The summed E-state index contributed by atoms with van der Waals surface area (Å²) in [6, 6.07) is 8.56. The Hall–Kier alpha value is -3.45. The van der Waals surface area contributed by atoms with Crippen molar-refractivity contribution >= 4 is 32.8 Å². The van der Waals surface area contributed by atoms with Crippen LogP contribution in [0.15, 0.2) is 61.1 Å². The van der Waals surface area contributed by atoms with Crippen LogP contribution >= 0.6 is 15.6 Å². The van der Waals surface area contributed by atoms with Gasteiger partial charge in [0, 0.05) is 12.0 Å². The van der Waals surface area contributed by atoms with Crippen LogP contribution in [-0.4, -0.2) is 42.5 Å². The number of rotatable bonds is 11. The van der Waals surface area contributed by atoms with Gasteiger partial charge < -0.3 is 19.3 Å². The second kappa shape index (κ2) is 11.2. The smallest absolute Gasteiger partial charge is 0.404 e. The Balaban J connectivity index is 1.30. The lowest BCUT2D eigenvalue weighted by molar-refractivity contribution is -0.00444. The zero-order valence-electron chi connectivity index (χ0n) is 20.5. The Morgan fingerprint density at radius 1 is 0.900 bits per heavy atom. The largest absolute Gasteiger partial charge is 0.527 e. The Morgan fingerprint density at radius 2 is 1.45 bits per heavy atom. The van der Waals surface area contributed by atoms with Crippen molar-refractivity contribution in [2.24, 2.45) is 11.8 Å². The molecule has 4 aromatic rings. The van der Waals surface area contributed by atoms with Crippen LogP contribution in [-0.2, 0) is 18.2 Å². The fourth-order valence-electron chi connectivity index (χ4n) is 4.30. The van der Waals surface area contributed by atoms with Gasteiger partial charge in [0.25, 0.3) is 0 Å². The third-order valence-electron chi connectivity index (χ3n) is 6.29. The van der Waals surface area contributed by atoms with Gasteiger partial charge >= 0.3 is 15.6 Å². The molecule has 0 bridgehead atoms. The summed E-state index contributed by atoms with van der Waals surface area (Å²) in [5.41, 5.74) is 6.61. The molecule has 5 atom stereocenters. The molecule has 17 heteroatoms. The molecule has 2 heterocycles. The maximum atomic E-state index is 13.2. The minimum atomic E-state index is -4.64. The summed E-state index contributed by atoms with van der Waals surface area (Å²) in [7, 11) is -9.24. The van der Waals surface area contributed by atoms with Gasteiger partial charge in [-0.25, -0.2) is 27.9 Å². The summed E-state index contributed by atoms with van der Waals surface area (Å²) in [6.45, 7) is -0.611.